The van der Waals surface area contributed by atoms with Crippen molar-refractivity contribution in [1.82, 2.24) is 14.9 Å². The van der Waals surface area contributed by atoms with E-state index in [1.165, 1.54) is 38.5 Å². The number of piperidine rings is 1. The van der Waals surface area contributed by atoms with Crippen LogP contribution in [0.15, 0.2) is 6.20 Å². The molecule has 1 unspecified atom stereocenters. The molecule has 110 valence electrons. The minimum atomic E-state index is -0.330. The molecule has 2 saturated heterocycles. The Morgan fingerprint density at radius 2 is 2.05 bits per heavy atom. The summed E-state index contributed by atoms with van der Waals surface area (Å²) in [7, 11) is 1.75. The minimum Gasteiger partial charge on any atom is -0.357 e. The van der Waals surface area contributed by atoms with Crippen LogP contribution in [0.2, 0.25) is 0 Å². The third kappa shape index (κ3) is 2.70. The summed E-state index contributed by atoms with van der Waals surface area (Å²) in [6.07, 6.45) is 6.28. The molecule has 5 nitrogen and oxygen atoms in total. The molecule has 0 aromatic carbocycles. The van der Waals surface area contributed by atoms with E-state index in [4.69, 9.17) is 0 Å². The van der Waals surface area contributed by atoms with E-state index >= 15 is 0 Å². The quantitative estimate of drug-likeness (QED) is 0.913. The van der Waals surface area contributed by atoms with E-state index in [1.807, 2.05) is 0 Å². The number of aromatic nitrogens is 2. The highest BCUT2D eigenvalue weighted by molar-refractivity contribution is 5.45. The van der Waals surface area contributed by atoms with Crippen molar-refractivity contribution < 1.29 is 4.39 Å². The van der Waals surface area contributed by atoms with Crippen LogP contribution in [-0.2, 0) is 0 Å². The molecule has 1 N–H and O–H groups in total. The molecule has 3 rings (SSSR count). The average molecular weight is 279 g/mol. The first-order chi connectivity index (χ1) is 9.78. The third-order valence-corrected chi connectivity index (χ3v) is 4.32. The van der Waals surface area contributed by atoms with Crippen molar-refractivity contribution in [2.45, 2.75) is 31.7 Å². The Morgan fingerprint density at radius 3 is 2.80 bits per heavy atom. The van der Waals surface area contributed by atoms with Gasteiger partial charge in [0.15, 0.2) is 11.6 Å². The van der Waals surface area contributed by atoms with Gasteiger partial charge in [-0.2, -0.15) is 4.98 Å². The molecule has 1 aromatic rings. The molecule has 1 aromatic heterocycles. The summed E-state index contributed by atoms with van der Waals surface area (Å²) in [6, 6.07) is 0.544. The van der Waals surface area contributed by atoms with Crippen LogP contribution in [0.3, 0.4) is 0 Å². The number of halogens is 1. The van der Waals surface area contributed by atoms with E-state index in [0.717, 1.165) is 19.5 Å². The van der Waals surface area contributed by atoms with E-state index in [0.29, 0.717) is 17.8 Å². The lowest BCUT2D eigenvalue weighted by atomic mass is 10.1. The lowest BCUT2D eigenvalue weighted by Gasteiger charge is -2.32. The summed E-state index contributed by atoms with van der Waals surface area (Å²) in [5, 5.41) is 2.87. The number of anilines is 2. The number of nitrogens with zero attached hydrogens (tertiary/aromatic N) is 4. The van der Waals surface area contributed by atoms with Gasteiger partial charge in [-0.3, -0.25) is 4.90 Å². The highest BCUT2D eigenvalue weighted by atomic mass is 19.1. The minimum absolute atomic E-state index is 0.330. The number of hydrogen-bond acceptors (Lipinski definition) is 5. The molecule has 0 spiro atoms. The van der Waals surface area contributed by atoms with Crippen LogP contribution < -0.4 is 10.2 Å². The van der Waals surface area contributed by atoms with E-state index in [9.17, 15) is 4.39 Å². The Balaban J connectivity index is 1.70. The number of rotatable bonds is 3. The SMILES string of the molecule is CNc1ncc(F)c(N2CCC(N3CCCCC3)C2)n1. The molecule has 0 bridgehead atoms. The van der Waals surface area contributed by atoms with Crippen LogP contribution in [0, 0.1) is 5.82 Å². The molecule has 3 heterocycles. The van der Waals surface area contributed by atoms with Crippen LogP contribution in [-0.4, -0.2) is 54.1 Å². The Bertz CT molecular complexity index is 461. The van der Waals surface area contributed by atoms with Crippen molar-refractivity contribution in [3.63, 3.8) is 0 Å². The lowest BCUT2D eigenvalue weighted by Crippen LogP contribution is -2.41. The van der Waals surface area contributed by atoms with Gasteiger partial charge in [-0.1, -0.05) is 6.42 Å². The molecule has 2 aliphatic heterocycles. The highest BCUT2D eigenvalue weighted by Crippen LogP contribution is 2.26. The van der Waals surface area contributed by atoms with Crippen molar-refractivity contribution in [2.24, 2.45) is 0 Å². The van der Waals surface area contributed by atoms with Crippen LogP contribution >= 0.6 is 0 Å². The van der Waals surface area contributed by atoms with Crippen LogP contribution in [0.5, 0.6) is 0 Å². The molecule has 0 aliphatic carbocycles. The van der Waals surface area contributed by atoms with Gasteiger partial charge in [-0.25, -0.2) is 9.37 Å². The first-order valence-corrected chi connectivity index (χ1v) is 7.47. The second-order valence-electron chi connectivity index (χ2n) is 5.60. The first-order valence-electron chi connectivity index (χ1n) is 7.47. The fourth-order valence-electron chi connectivity index (χ4n) is 3.22. The van der Waals surface area contributed by atoms with Crippen LogP contribution in [0.4, 0.5) is 16.2 Å². The summed E-state index contributed by atoms with van der Waals surface area (Å²) in [6.45, 7) is 4.12. The number of likely N-dealkylation sites (tertiary alicyclic amines) is 1. The third-order valence-electron chi connectivity index (χ3n) is 4.32. The first kappa shape index (κ1) is 13.5. The number of nitrogens with one attached hydrogen (secondary N) is 1. The predicted octanol–water partition coefficient (Wildman–Crippen LogP) is 1.72. The maximum Gasteiger partial charge on any atom is 0.224 e. The molecular weight excluding hydrogens is 257 g/mol. The Morgan fingerprint density at radius 1 is 1.25 bits per heavy atom. The van der Waals surface area contributed by atoms with Crippen molar-refractivity contribution in [2.75, 3.05) is 43.4 Å². The predicted molar refractivity (Wildman–Crippen MR) is 77.6 cm³/mol. The topological polar surface area (TPSA) is 44.3 Å². The molecule has 0 amide bonds. The number of hydrogen-bond donors (Lipinski definition) is 1. The van der Waals surface area contributed by atoms with Crippen molar-refractivity contribution in [3.05, 3.63) is 12.0 Å². The monoisotopic (exact) mass is 279 g/mol. The van der Waals surface area contributed by atoms with Crippen molar-refractivity contribution in [3.8, 4) is 0 Å². The van der Waals surface area contributed by atoms with Crippen molar-refractivity contribution in [1.29, 1.82) is 0 Å². The van der Waals surface area contributed by atoms with Gasteiger partial charge in [0.05, 0.1) is 6.20 Å². The van der Waals surface area contributed by atoms with Gasteiger partial charge in [-0.05, 0) is 32.4 Å². The zero-order chi connectivity index (χ0) is 13.9. The fourth-order valence-corrected chi connectivity index (χ4v) is 3.22. The second kappa shape index (κ2) is 5.91. The average Bonchev–Trinajstić information content (AvgIpc) is 2.98. The van der Waals surface area contributed by atoms with Gasteiger partial charge in [-0.15, -0.1) is 0 Å². The molecule has 20 heavy (non-hydrogen) atoms. The zero-order valence-electron chi connectivity index (χ0n) is 12.0. The van der Waals surface area contributed by atoms with E-state index < -0.39 is 0 Å². The Hall–Kier alpha value is -1.43. The van der Waals surface area contributed by atoms with Gasteiger partial charge in [0, 0.05) is 26.2 Å². The van der Waals surface area contributed by atoms with E-state index in [1.54, 1.807) is 7.05 Å². The van der Waals surface area contributed by atoms with Crippen molar-refractivity contribution >= 4 is 11.8 Å². The maximum absolute atomic E-state index is 13.9. The lowest BCUT2D eigenvalue weighted by molar-refractivity contribution is 0.174. The van der Waals surface area contributed by atoms with Crippen LogP contribution in [0.1, 0.15) is 25.7 Å². The van der Waals surface area contributed by atoms with Gasteiger partial charge in [0.1, 0.15) is 0 Å². The van der Waals surface area contributed by atoms with Gasteiger partial charge >= 0.3 is 0 Å². The molecule has 6 heteroatoms. The largest absolute Gasteiger partial charge is 0.357 e. The van der Waals surface area contributed by atoms with Gasteiger partial charge in [0.25, 0.3) is 0 Å². The van der Waals surface area contributed by atoms with Gasteiger partial charge in [0.2, 0.25) is 5.95 Å². The molecular formula is C14H22FN5. The van der Waals surface area contributed by atoms with Gasteiger partial charge < -0.3 is 10.2 Å². The Labute approximate surface area is 119 Å². The summed E-state index contributed by atoms with van der Waals surface area (Å²) in [5.41, 5.74) is 0. The maximum atomic E-state index is 13.9. The molecule has 2 fully saturated rings. The summed E-state index contributed by atoms with van der Waals surface area (Å²) in [5.74, 6) is 0.579. The highest BCUT2D eigenvalue weighted by Gasteiger charge is 2.30. The van der Waals surface area contributed by atoms with E-state index in [2.05, 4.69) is 25.1 Å². The Kier molecular flexibility index (Phi) is 4.00. The molecule has 0 radical (unpaired) electrons. The van der Waals surface area contributed by atoms with E-state index in [-0.39, 0.29) is 5.82 Å². The smallest absolute Gasteiger partial charge is 0.224 e. The second-order valence-corrected chi connectivity index (χ2v) is 5.60. The molecule has 0 saturated carbocycles. The fraction of sp³-hybridized carbons (Fsp3) is 0.714. The normalized spacial score (nSPS) is 24.1. The summed E-state index contributed by atoms with van der Waals surface area (Å²) in [4.78, 5) is 12.8. The molecule has 2 aliphatic rings. The summed E-state index contributed by atoms with van der Waals surface area (Å²) >= 11 is 0. The molecule has 1 atom stereocenters. The summed E-state index contributed by atoms with van der Waals surface area (Å²) < 4.78 is 13.9. The zero-order valence-corrected chi connectivity index (χ0v) is 12.0. The standard InChI is InChI=1S/C14H22FN5/c1-16-14-17-9-12(15)13(18-14)20-8-5-11(10-20)19-6-3-2-4-7-19/h9,11H,2-8,10H2,1H3,(H,16,17,18). The van der Waals surface area contributed by atoms with Crippen LogP contribution in [0.25, 0.3) is 0 Å².